The van der Waals surface area contributed by atoms with Gasteiger partial charge in [0.25, 0.3) is 0 Å². The monoisotopic (exact) mass is 474 g/mol. The molecule has 0 aliphatic carbocycles. The lowest BCUT2D eigenvalue weighted by molar-refractivity contribution is -0.110. The molecule has 0 aromatic heterocycles. The van der Waals surface area contributed by atoms with Gasteiger partial charge in [-0.1, -0.05) is 0 Å². The molecule has 2 rings (SSSR count). The normalized spacial score (nSPS) is 10.8. The van der Waals surface area contributed by atoms with Crippen molar-refractivity contribution in [2.45, 2.75) is 0 Å². The lowest BCUT2D eigenvalue weighted by atomic mass is 10.1. The fourth-order valence-corrected chi connectivity index (χ4v) is 3.35. The first-order valence-corrected chi connectivity index (χ1v) is 10.1. The molecular weight excluding hydrogens is 444 g/mol. The lowest BCUT2D eigenvalue weighted by Crippen LogP contribution is -2.00. The zero-order valence-corrected chi connectivity index (χ0v) is 20.6. The Morgan fingerprint density at radius 1 is 0.500 bits per heavy atom. The third kappa shape index (κ3) is 5.31. The van der Waals surface area contributed by atoms with Crippen molar-refractivity contribution in [3.8, 4) is 46.0 Å². The third-order valence-corrected chi connectivity index (χ3v) is 4.93. The van der Waals surface area contributed by atoms with E-state index in [2.05, 4.69) is 0 Å². The Morgan fingerprint density at radius 2 is 0.824 bits per heavy atom. The molecule has 0 radical (unpaired) electrons. The van der Waals surface area contributed by atoms with Gasteiger partial charge in [-0.2, -0.15) is 0 Å². The summed E-state index contributed by atoms with van der Waals surface area (Å²) in [5.74, 6) is 2.97. The summed E-state index contributed by atoms with van der Waals surface area (Å²) in [5, 5.41) is 0. The smallest absolute Gasteiger partial charge is 0.204 e. The third-order valence-electron chi connectivity index (χ3n) is 4.93. The summed E-state index contributed by atoms with van der Waals surface area (Å²) in [7, 11) is 12.0. The summed E-state index contributed by atoms with van der Waals surface area (Å²) in [4.78, 5) is 12.7. The Kier molecular flexibility index (Phi) is 9.49. The molecule has 0 amide bonds. The van der Waals surface area contributed by atoms with Gasteiger partial charge in [0.05, 0.1) is 68.0 Å². The average molecular weight is 475 g/mol. The number of ether oxygens (including phenoxy) is 8. The van der Waals surface area contributed by atoms with Crippen LogP contribution in [0, 0.1) is 0 Å². The molecule has 0 saturated carbocycles. The molecule has 0 fully saturated rings. The molecule has 0 N–H and O–H groups in total. The van der Waals surface area contributed by atoms with Crippen molar-refractivity contribution in [3.05, 3.63) is 35.4 Å². The van der Waals surface area contributed by atoms with Crippen LogP contribution in [0.15, 0.2) is 24.3 Å². The number of benzene rings is 2. The molecule has 184 valence electrons. The van der Waals surface area contributed by atoms with Crippen molar-refractivity contribution in [1.82, 2.24) is 0 Å². The molecule has 0 atom stereocenters. The highest BCUT2D eigenvalue weighted by molar-refractivity contribution is 6.05. The zero-order valence-electron chi connectivity index (χ0n) is 20.6. The molecular formula is C25H30O9. The standard InChI is InChI=1S/C25H30O9/c1-27-18-13-20(29-3)24(33-7)22(31-5)16(18)11-9-15(26)10-12-17-19(28-2)14-21(30-4)25(34-8)23(17)32-6/h9-14H,1-8H3/b11-9+,12-10+. The van der Waals surface area contributed by atoms with E-state index in [4.69, 9.17) is 37.9 Å². The minimum absolute atomic E-state index is 0.308. The van der Waals surface area contributed by atoms with Crippen LogP contribution in [-0.4, -0.2) is 62.7 Å². The van der Waals surface area contributed by atoms with Gasteiger partial charge in [0.15, 0.2) is 28.8 Å². The predicted octanol–water partition coefficient (Wildman–Crippen LogP) is 4.05. The van der Waals surface area contributed by atoms with E-state index in [1.807, 2.05) is 0 Å². The van der Waals surface area contributed by atoms with Crippen LogP contribution in [0.5, 0.6) is 46.0 Å². The maximum atomic E-state index is 12.7. The van der Waals surface area contributed by atoms with Crippen molar-refractivity contribution in [2.75, 3.05) is 56.9 Å². The molecule has 0 unspecified atom stereocenters. The highest BCUT2D eigenvalue weighted by atomic mass is 16.5. The van der Waals surface area contributed by atoms with E-state index in [9.17, 15) is 4.79 Å². The summed E-state index contributed by atoms with van der Waals surface area (Å²) in [6.45, 7) is 0. The van der Waals surface area contributed by atoms with Gasteiger partial charge in [0.2, 0.25) is 11.5 Å². The predicted molar refractivity (Wildman–Crippen MR) is 128 cm³/mol. The number of rotatable bonds is 12. The summed E-state index contributed by atoms with van der Waals surface area (Å²) in [5.41, 5.74) is 1.04. The van der Waals surface area contributed by atoms with Crippen molar-refractivity contribution in [1.29, 1.82) is 0 Å². The van der Waals surface area contributed by atoms with Crippen LogP contribution >= 0.6 is 0 Å². The second-order valence-corrected chi connectivity index (χ2v) is 6.59. The van der Waals surface area contributed by atoms with Crippen molar-refractivity contribution < 1.29 is 42.7 Å². The van der Waals surface area contributed by atoms with E-state index >= 15 is 0 Å². The molecule has 0 aliphatic rings. The molecule has 0 saturated heterocycles. The van der Waals surface area contributed by atoms with Crippen molar-refractivity contribution in [3.63, 3.8) is 0 Å². The fourth-order valence-electron chi connectivity index (χ4n) is 3.35. The van der Waals surface area contributed by atoms with Gasteiger partial charge >= 0.3 is 0 Å². The van der Waals surface area contributed by atoms with Crippen molar-refractivity contribution in [2.24, 2.45) is 0 Å². The quantitative estimate of drug-likeness (QED) is 0.423. The minimum atomic E-state index is -0.308. The van der Waals surface area contributed by atoms with Crippen LogP contribution in [-0.2, 0) is 4.79 Å². The molecule has 0 bridgehead atoms. The van der Waals surface area contributed by atoms with E-state index < -0.39 is 0 Å². The highest BCUT2D eigenvalue weighted by Gasteiger charge is 2.21. The second-order valence-electron chi connectivity index (χ2n) is 6.59. The number of hydrogen-bond acceptors (Lipinski definition) is 9. The molecule has 2 aromatic rings. The van der Waals surface area contributed by atoms with Crippen LogP contribution in [0.25, 0.3) is 12.2 Å². The topological polar surface area (TPSA) is 90.9 Å². The van der Waals surface area contributed by atoms with Gasteiger partial charge in [-0.25, -0.2) is 0 Å². The Balaban J connectivity index is 2.48. The van der Waals surface area contributed by atoms with Gasteiger partial charge in [0, 0.05) is 12.1 Å². The molecule has 9 heteroatoms. The summed E-state index contributed by atoms with van der Waals surface area (Å²) in [6.07, 6.45) is 5.91. The van der Waals surface area contributed by atoms with E-state index in [0.29, 0.717) is 57.1 Å². The molecule has 0 aliphatic heterocycles. The van der Waals surface area contributed by atoms with E-state index in [0.717, 1.165) is 0 Å². The summed E-state index contributed by atoms with van der Waals surface area (Å²) < 4.78 is 43.4. The molecule has 0 heterocycles. The number of methoxy groups -OCH3 is 8. The molecule has 0 spiro atoms. The molecule has 34 heavy (non-hydrogen) atoms. The van der Waals surface area contributed by atoms with Gasteiger partial charge in [0.1, 0.15) is 11.5 Å². The maximum absolute atomic E-state index is 12.7. The van der Waals surface area contributed by atoms with Gasteiger partial charge in [-0.15, -0.1) is 0 Å². The number of ketones is 1. The summed E-state index contributed by atoms with van der Waals surface area (Å²) in [6, 6.07) is 3.31. The fraction of sp³-hybridized carbons (Fsp3) is 0.320. The number of carbonyl (C=O) groups is 1. The SMILES string of the molecule is COc1cc(OC)c(OC)c(OC)c1/C=C/C(=O)/C=C/c1c(OC)cc(OC)c(OC)c1OC. The number of allylic oxidation sites excluding steroid dienone is 2. The molecule has 9 nitrogen and oxygen atoms in total. The van der Waals surface area contributed by atoms with Gasteiger partial charge < -0.3 is 37.9 Å². The molecule has 2 aromatic carbocycles. The largest absolute Gasteiger partial charge is 0.496 e. The van der Waals surface area contributed by atoms with Crippen LogP contribution in [0.1, 0.15) is 11.1 Å². The average Bonchev–Trinajstić information content (AvgIpc) is 2.88. The van der Waals surface area contributed by atoms with Crippen LogP contribution < -0.4 is 37.9 Å². The first kappa shape index (κ1) is 26.2. The van der Waals surface area contributed by atoms with Gasteiger partial charge in [-0.3, -0.25) is 4.79 Å². The zero-order chi connectivity index (χ0) is 25.3. The van der Waals surface area contributed by atoms with Crippen molar-refractivity contribution >= 4 is 17.9 Å². The first-order valence-electron chi connectivity index (χ1n) is 10.1. The first-order chi connectivity index (χ1) is 16.4. The van der Waals surface area contributed by atoms with Crippen LogP contribution in [0.3, 0.4) is 0 Å². The Hall–Kier alpha value is -4.01. The Labute approximate surface area is 199 Å². The van der Waals surface area contributed by atoms with E-state index in [-0.39, 0.29) is 5.78 Å². The van der Waals surface area contributed by atoms with E-state index in [1.165, 1.54) is 69.0 Å². The van der Waals surface area contributed by atoms with Gasteiger partial charge in [-0.05, 0) is 24.3 Å². The number of carbonyl (C=O) groups excluding carboxylic acids is 1. The maximum Gasteiger partial charge on any atom is 0.204 e. The Morgan fingerprint density at radius 3 is 1.09 bits per heavy atom. The van der Waals surface area contributed by atoms with Crippen LogP contribution in [0.4, 0.5) is 0 Å². The Bertz CT molecular complexity index is 988. The second kappa shape index (κ2) is 12.3. The van der Waals surface area contributed by atoms with E-state index in [1.54, 1.807) is 24.3 Å². The highest BCUT2D eigenvalue weighted by Crippen LogP contribution is 2.46. The van der Waals surface area contributed by atoms with Crippen LogP contribution in [0.2, 0.25) is 0 Å². The minimum Gasteiger partial charge on any atom is -0.496 e. The lowest BCUT2D eigenvalue weighted by Gasteiger charge is -2.17. The summed E-state index contributed by atoms with van der Waals surface area (Å²) >= 11 is 0. The number of hydrogen-bond donors (Lipinski definition) is 0.